The summed E-state index contributed by atoms with van der Waals surface area (Å²) < 4.78 is 5.21. The van der Waals surface area contributed by atoms with Crippen molar-refractivity contribution in [3.05, 3.63) is 0 Å². The Morgan fingerprint density at radius 1 is 1.00 bits per heavy atom. The molecule has 1 aliphatic heterocycles. The molecule has 0 aromatic rings. The van der Waals surface area contributed by atoms with Crippen LogP contribution in [0.2, 0.25) is 0 Å². The van der Waals surface area contributed by atoms with Crippen molar-refractivity contribution in [1.82, 2.24) is 10.6 Å². The second-order valence-corrected chi connectivity index (χ2v) is 6.40. The summed E-state index contributed by atoms with van der Waals surface area (Å²) in [4.78, 5) is 23.2. The fourth-order valence-corrected chi connectivity index (χ4v) is 2.81. The highest BCUT2D eigenvalue weighted by molar-refractivity contribution is 5.87. The lowest BCUT2D eigenvalue weighted by atomic mass is 10.1. The Morgan fingerprint density at radius 3 is 2.22 bits per heavy atom. The molecule has 1 aliphatic rings. The molecule has 5 nitrogen and oxygen atoms in total. The van der Waals surface area contributed by atoms with Crippen LogP contribution in [-0.4, -0.2) is 37.6 Å². The number of ether oxygens (including phenoxy) is 1. The van der Waals surface area contributed by atoms with Gasteiger partial charge in [-0.3, -0.25) is 9.59 Å². The molecule has 1 fully saturated rings. The Kier molecular flexibility index (Phi) is 11.6. The summed E-state index contributed by atoms with van der Waals surface area (Å²) in [5.74, 6) is -0.386. The summed E-state index contributed by atoms with van der Waals surface area (Å²) in [6.07, 6.45) is 12.8. The van der Waals surface area contributed by atoms with Crippen molar-refractivity contribution in [2.75, 3.05) is 19.7 Å². The van der Waals surface area contributed by atoms with Gasteiger partial charge in [-0.1, -0.05) is 64.7 Å². The van der Waals surface area contributed by atoms with Gasteiger partial charge in [0.2, 0.25) is 5.91 Å². The molecule has 23 heavy (non-hydrogen) atoms. The van der Waals surface area contributed by atoms with Crippen LogP contribution in [0.5, 0.6) is 0 Å². The van der Waals surface area contributed by atoms with E-state index in [9.17, 15) is 9.59 Å². The van der Waals surface area contributed by atoms with Crippen LogP contribution in [0.1, 0.15) is 77.6 Å². The molecule has 1 unspecified atom stereocenters. The first kappa shape index (κ1) is 19.9. The number of hydrogen-bond acceptors (Lipinski definition) is 4. The van der Waals surface area contributed by atoms with Crippen molar-refractivity contribution in [3.63, 3.8) is 0 Å². The number of nitrogens with one attached hydrogen (secondary N) is 2. The average Bonchev–Trinajstić information content (AvgIpc) is 2.55. The molecule has 0 bridgehead atoms. The SMILES string of the molecule is CCCCCCCCCCCCOC(=O)CC1NCCNC1=O. The van der Waals surface area contributed by atoms with E-state index in [1.54, 1.807) is 0 Å². The number of rotatable bonds is 13. The third kappa shape index (κ3) is 10.3. The first-order valence-corrected chi connectivity index (χ1v) is 9.40. The maximum absolute atomic E-state index is 11.7. The summed E-state index contributed by atoms with van der Waals surface area (Å²) >= 11 is 0. The maximum Gasteiger partial charge on any atom is 0.307 e. The molecule has 1 saturated heterocycles. The Hall–Kier alpha value is -1.10. The summed E-state index contributed by atoms with van der Waals surface area (Å²) in [7, 11) is 0. The predicted octanol–water partition coefficient (Wildman–Crippen LogP) is 2.93. The molecule has 1 rings (SSSR count). The standard InChI is InChI=1S/C18H34N2O3/c1-2-3-4-5-6-7-8-9-10-11-14-23-17(21)15-16-18(22)20-13-12-19-16/h16,19H,2-15H2,1H3,(H,20,22). The highest BCUT2D eigenvalue weighted by Gasteiger charge is 2.24. The number of unbranched alkanes of at least 4 members (excludes halogenated alkanes) is 9. The molecule has 5 heteroatoms. The third-order valence-electron chi connectivity index (χ3n) is 4.26. The molecular weight excluding hydrogens is 292 g/mol. The van der Waals surface area contributed by atoms with Crippen LogP contribution in [-0.2, 0) is 14.3 Å². The van der Waals surface area contributed by atoms with Crippen molar-refractivity contribution in [1.29, 1.82) is 0 Å². The van der Waals surface area contributed by atoms with Crippen LogP contribution < -0.4 is 10.6 Å². The van der Waals surface area contributed by atoms with Gasteiger partial charge in [0.25, 0.3) is 0 Å². The molecule has 0 radical (unpaired) electrons. The van der Waals surface area contributed by atoms with Gasteiger partial charge < -0.3 is 15.4 Å². The summed E-state index contributed by atoms with van der Waals surface area (Å²) in [6.45, 7) is 4.06. The van der Waals surface area contributed by atoms with Gasteiger partial charge in [0, 0.05) is 13.1 Å². The second-order valence-electron chi connectivity index (χ2n) is 6.40. The van der Waals surface area contributed by atoms with Crippen molar-refractivity contribution >= 4 is 11.9 Å². The van der Waals surface area contributed by atoms with E-state index in [1.807, 2.05) is 0 Å². The maximum atomic E-state index is 11.7. The molecule has 2 N–H and O–H groups in total. The molecule has 134 valence electrons. The molecule has 0 saturated carbocycles. The summed E-state index contributed by atoms with van der Waals surface area (Å²) in [5.41, 5.74) is 0. The van der Waals surface area contributed by atoms with Crippen molar-refractivity contribution in [2.24, 2.45) is 0 Å². The fraction of sp³-hybridized carbons (Fsp3) is 0.889. The Bertz CT molecular complexity index is 334. The Balaban J connectivity index is 1.86. The number of amides is 1. The van der Waals surface area contributed by atoms with E-state index >= 15 is 0 Å². The normalized spacial score (nSPS) is 17.8. The van der Waals surface area contributed by atoms with Crippen LogP contribution in [0.15, 0.2) is 0 Å². The summed E-state index contributed by atoms with van der Waals surface area (Å²) in [5, 5.41) is 5.77. The minimum atomic E-state index is -0.427. The van der Waals surface area contributed by atoms with Gasteiger partial charge in [0.1, 0.15) is 0 Å². The monoisotopic (exact) mass is 326 g/mol. The van der Waals surface area contributed by atoms with Crippen LogP contribution in [0.3, 0.4) is 0 Å². The van der Waals surface area contributed by atoms with Crippen molar-refractivity contribution in [2.45, 2.75) is 83.6 Å². The molecule has 0 aromatic carbocycles. The van der Waals surface area contributed by atoms with E-state index < -0.39 is 6.04 Å². The van der Waals surface area contributed by atoms with Gasteiger partial charge >= 0.3 is 5.97 Å². The molecular formula is C18H34N2O3. The van der Waals surface area contributed by atoms with E-state index in [0.29, 0.717) is 19.7 Å². The smallest absolute Gasteiger partial charge is 0.307 e. The van der Waals surface area contributed by atoms with E-state index in [-0.39, 0.29) is 18.3 Å². The van der Waals surface area contributed by atoms with Gasteiger partial charge in [0.15, 0.2) is 0 Å². The molecule has 1 heterocycles. The molecule has 1 amide bonds. The van der Waals surface area contributed by atoms with E-state index in [0.717, 1.165) is 12.8 Å². The minimum Gasteiger partial charge on any atom is -0.466 e. The Labute approximate surface area is 140 Å². The molecule has 1 atom stereocenters. The number of carbonyl (C=O) groups is 2. The van der Waals surface area contributed by atoms with Crippen LogP contribution in [0.4, 0.5) is 0 Å². The largest absolute Gasteiger partial charge is 0.466 e. The van der Waals surface area contributed by atoms with E-state index in [2.05, 4.69) is 17.6 Å². The highest BCUT2D eigenvalue weighted by atomic mass is 16.5. The van der Waals surface area contributed by atoms with Gasteiger partial charge in [0.05, 0.1) is 19.1 Å². The van der Waals surface area contributed by atoms with Gasteiger partial charge in [-0.15, -0.1) is 0 Å². The topological polar surface area (TPSA) is 67.4 Å². The van der Waals surface area contributed by atoms with Crippen LogP contribution >= 0.6 is 0 Å². The fourth-order valence-electron chi connectivity index (χ4n) is 2.81. The minimum absolute atomic E-state index is 0.105. The number of hydrogen-bond donors (Lipinski definition) is 2. The molecule has 0 spiro atoms. The molecule has 0 aliphatic carbocycles. The van der Waals surface area contributed by atoms with Crippen molar-refractivity contribution in [3.8, 4) is 0 Å². The van der Waals surface area contributed by atoms with Crippen LogP contribution in [0.25, 0.3) is 0 Å². The predicted molar refractivity (Wildman–Crippen MR) is 92.2 cm³/mol. The lowest BCUT2D eigenvalue weighted by molar-refractivity contribution is -0.146. The molecule has 0 aromatic heterocycles. The second kappa shape index (κ2) is 13.3. The number of piperazine rings is 1. The van der Waals surface area contributed by atoms with Crippen LogP contribution in [0, 0.1) is 0 Å². The zero-order valence-corrected chi connectivity index (χ0v) is 14.7. The zero-order chi connectivity index (χ0) is 16.8. The highest BCUT2D eigenvalue weighted by Crippen LogP contribution is 2.10. The lowest BCUT2D eigenvalue weighted by Gasteiger charge is -2.22. The average molecular weight is 326 g/mol. The van der Waals surface area contributed by atoms with E-state index in [4.69, 9.17) is 4.74 Å². The first-order chi connectivity index (χ1) is 11.2. The first-order valence-electron chi connectivity index (χ1n) is 9.40. The Morgan fingerprint density at radius 2 is 1.61 bits per heavy atom. The third-order valence-corrected chi connectivity index (χ3v) is 4.26. The van der Waals surface area contributed by atoms with E-state index in [1.165, 1.54) is 51.4 Å². The van der Waals surface area contributed by atoms with Gasteiger partial charge in [-0.2, -0.15) is 0 Å². The number of esters is 1. The van der Waals surface area contributed by atoms with Crippen molar-refractivity contribution < 1.29 is 14.3 Å². The lowest BCUT2D eigenvalue weighted by Crippen LogP contribution is -2.53. The zero-order valence-electron chi connectivity index (χ0n) is 14.7. The summed E-state index contributed by atoms with van der Waals surface area (Å²) in [6, 6.07) is -0.427. The quantitative estimate of drug-likeness (QED) is 0.403. The number of carbonyl (C=O) groups excluding carboxylic acids is 2. The van der Waals surface area contributed by atoms with Gasteiger partial charge in [-0.25, -0.2) is 0 Å². The van der Waals surface area contributed by atoms with Gasteiger partial charge in [-0.05, 0) is 6.42 Å².